The van der Waals surface area contributed by atoms with Crippen LogP contribution in [0, 0.1) is 0 Å². The van der Waals surface area contributed by atoms with Crippen LogP contribution in [0.1, 0.15) is 43.0 Å². The molecule has 1 fully saturated rings. The van der Waals surface area contributed by atoms with E-state index in [1.807, 2.05) is 0 Å². The van der Waals surface area contributed by atoms with Gasteiger partial charge in [0.2, 0.25) is 0 Å². The van der Waals surface area contributed by atoms with Crippen LogP contribution in [0.3, 0.4) is 0 Å². The summed E-state index contributed by atoms with van der Waals surface area (Å²) in [6.45, 7) is 3.39. The van der Waals surface area contributed by atoms with Crippen LogP contribution < -0.4 is 10.6 Å². The van der Waals surface area contributed by atoms with Crippen LogP contribution in [-0.4, -0.2) is 36.7 Å². The Morgan fingerprint density at radius 2 is 2.29 bits per heavy atom. The van der Waals surface area contributed by atoms with Gasteiger partial charge < -0.3 is 15.4 Å². The number of amides is 1. The molecule has 116 valence electrons. The van der Waals surface area contributed by atoms with Gasteiger partial charge in [-0.05, 0) is 31.7 Å². The maximum atomic E-state index is 12.1. The number of hydrogen-bond donors (Lipinski definition) is 2. The number of aromatic nitrogens is 1. The van der Waals surface area contributed by atoms with Crippen LogP contribution >= 0.6 is 11.6 Å². The lowest BCUT2D eigenvalue weighted by Gasteiger charge is -2.40. The van der Waals surface area contributed by atoms with Gasteiger partial charge in [0.1, 0.15) is 5.82 Å². The number of hydrogen-bond acceptors (Lipinski definition) is 4. The monoisotopic (exact) mass is 311 g/mol. The Morgan fingerprint density at radius 1 is 1.52 bits per heavy atom. The Kier molecular flexibility index (Phi) is 5.42. The van der Waals surface area contributed by atoms with Gasteiger partial charge in [0.15, 0.2) is 0 Å². The van der Waals surface area contributed by atoms with Gasteiger partial charge >= 0.3 is 0 Å². The van der Waals surface area contributed by atoms with Crippen molar-refractivity contribution in [2.45, 2.75) is 38.2 Å². The molecule has 1 aromatic heterocycles. The van der Waals surface area contributed by atoms with Crippen molar-refractivity contribution < 1.29 is 9.53 Å². The number of anilines is 1. The summed E-state index contributed by atoms with van der Waals surface area (Å²) in [7, 11) is 1.69. The van der Waals surface area contributed by atoms with Crippen molar-refractivity contribution in [3.8, 4) is 0 Å². The summed E-state index contributed by atoms with van der Waals surface area (Å²) in [5.41, 5.74) is 0.280. The molecule has 1 heterocycles. The molecule has 0 saturated heterocycles. The Hall–Kier alpha value is -1.33. The number of halogens is 1. The topological polar surface area (TPSA) is 63.2 Å². The van der Waals surface area contributed by atoms with E-state index in [-0.39, 0.29) is 11.5 Å². The lowest BCUT2D eigenvalue weighted by molar-refractivity contribution is -0.0679. The molecule has 2 N–H and O–H groups in total. The van der Waals surface area contributed by atoms with E-state index in [0.29, 0.717) is 22.9 Å². The SMILES string of the molecule is CCCNc1ncc(C(=O)NCC2(OC)CCC2)cc1Cl. The van der Waals surface area contributed by atoms with Crippen molar-refractivity contribution >= 4 is 23.3 Å². The molecule has 2 rings (SSSR count). The van der Waals surface area contributed by atoms with Crippen LogP contribution in [-0.2, 0) is 4.74 Å². The van der Waals surface area contributed by atoms with E-state index in [4.69, 9.17) is 16.3 Å². The summed E-state index contributed by atoms with van der Waals surface area (Å²) in [6, 6.07) is 1.64. The predicted octanol–water partition coefficient (Wildman–Crippen LogP) is 2.86. The number of nitrogens with zero attached hydrogens (tertiary/aromatic N) is 1. The normalized spacial score (nSPS) is 16.1. The zero-order valence-electron chi connectivity index (χ0n) is 12.5. The number of carbonyl (C=O) groups excluding carboxylic acids is 1. The fourth-order valence-electron chi connectivity index (χ4n) is 2.30. The Labute approximate surface area is 130 Å². The molecule has 0 aliphatic heterocycles. The first-order valence-corrected chi connectivity index (χ1v) is 7.71. The van der Waals surface area contributed by atoms with Gasteiger partial charge in [-0.1, -0.05) is 18.5 Å². The minimum Gasteiger partial charge on any atom is -0.376 e. The first-order chi connectivity index (χ1) is 10.1. The second-order valence-electron chi connectivity index (χ2n) is 5.40. The minimum absolute atomic E-state index is 0.172. The number of rotatable bonds is 7. The Morgan fingerprint density at radius 3 is 2.81 bits per heavy atom. The van der Waals surface area contributed by atoms with Crippen LogP contribution in [0.2, 0.25) is 5.02 Å². The Bertz CT molecular complexity index is 498. The number of nitrogens with one attached hydrogen (secondary N) is 2. The highest BCUT2D eigenvalue weighted by Crippen LogP contribution is 2.34. The molecular formula is C15H22ClN3O2. The van der Waals surface area contributed by atoms with E-state index in [9.17, 15) is 4.79 Å². The summed E-state index contributed by atoms with van der Waals surface area (Å²) in [5.74, 6) is 0.442. The van der Waals surface area contributed by atoms with Gasteiger partial charge in [-0.2, -0.15) is 0 Å². The van der Waals surface area contributed by atoms with Gasteiger partial charge in [-0.25, -0.2) is 4.98 Å². The second kappa shape index (κ2) is 7.09. The molecule has 6 heteroatoms. The van der Waals surface area contributed by atoms with Crippen LogP contribution in [0.25, 0.3) is 0 Å². The summed E-state index contributed by atoms with van der Waals surface area (Å²) in [6.07, 6.45) is 5.65. The van der Waals surface area contributed by atoms with E-state index in [0.717, 1.165) is 32.2 Å². The maximum Gasteiger partial charge on any atom is 0.253 e. The number of methoxy groups -OCH3 is 1. The fraction of sp³-hybridized carbons (Fsp3) is 0.600. The third kappa shape index (κ3) is 3.86. The molecule has 1 aliphatic rings. The molecule has 5 nitrogen and oxygen atoms in total. The first kappa shape index (κ1) is 16.0. The van der Waals surface area contributed by atoms with Crippen molar-refractivity contribution in [3.63, 3.8) is 0 Å². The van der Waals surface area contributed by atoms with E-state index in [1.54, 1.807) is 19.4 Å². The molecule has 0 radical (unpaired) electrons. The maximum absolute atomic E-state index is 12.1. The third-order valence-corrected chi connectivity index (χ3v) is 4.20. The Balaban J connectivity index is 1.94. The lowest BCUT2D eigenvalue weighted by atomic mass is 9.80. The number of pyridine rings is 1. The van der Waals surface area contributed by atoms with E-state index < -0.39 is 0 Å². The quantitative estimate of drug-likeness (QED) is 0.813. The zero-order valence-corrected chi connectivity index (χ0v) is 13.3. The highest BCUT2D eigenvalue weighted by molar-refractivity contribution is 6.33. The van der Waals surface area contributed by atoms with Crippen molar-refractivity contribution in [2.24, 2.45) is 0 Å². The smallest absolute Gasteiger partial charge is 0.253 e. The third-order valence-electron chi connectivity index (χ3n) is 3.91. The van der Waals surface area contributed by atoms with Gasteiger partial charge in [-0.15, -0.1) is 0 Å². The first-order valence-electron chi connectivity index (χ1n) is 7.33. The predicted molar refractivity (Wildman–Crippen MR) is 84.0 cm³/mol. The fourth-order valence-corrected chi connectivity index (χ4v) is 2.54. The van der Waals surface area contributed by atoms with Crippen LogP contribution in [0.5, 0.6) is 0 Å². The average Bonchev–Trinajstić information content (AvgIpc) is 2.45. The van der Waals surface area contributed by atoms with Crippen molar-refractivity contribution in [2.75, 3.05) is 25.5 Å². The summed E-state index contributed by atoms with van der Waals surface area (Å²) < 4.78 is 5.48. The van der Waals surface area contributed by atoms with Crippen molar-refractivity contribution in [1.82, 2.24) is 10.3 Å². The summed E-state index contributed by atoms with van der Waals surface area (Å²) in [5, 5.41) is 6.48. The lowest BCUT2D eigenvalue weighted by Crippen LogP contribution is -2.49. The minimum atomic E-state index is -0.185. The van der Waals surface area contributed by atoms with E-state index >= 15 is 0 Å². The summed E-state index contributed by atoms with van der Waals surface area (Å²) >= 11 is 6.14. The molecule has 1 saturated carbocycles. The van der Waals surface area contributed by atoms with Gasteiger partial charge in [0.05, 0.1) is 16.2 Å². The molecule has 0 atom stereocenters. The van der Waals surface area contributed by atoms with Crippen LogP contribution in [0.4, 0.5) is 5.82 Å². The molecule has 0 spiro atoms. The number of carbonyl (C=O) groups is 1. The molecular weight excluding hydrogens is 290 g/mol. The zero-order chi connectivity index (χ0) is 15.3. The molecule has 0 aromatic carbocycles. The highest BCUT2D eigenvalue weighted by Gasteiger charge is 2.37. The van der Waals surface area contributed by atoms with E-state index in [2.05, 4.69) is 22.5 Å². The van der Waals surface area contributed by atoms with Gasteiger partial charge in [-0.3, -0.25) is 4.79 Å². The van der Waals surface area contributed by atoms with Gasteiger partial charge in [0.25, 0.3) is 5.91 Å². The highest BCUT2D eigenvalue weighted by atomic mass is 35.5. The average molecular weight is 312 g/mol. The molecule has 1 aliphatic carbocycles. The molecule has 21 heavy (non-hydrogen) atoms. The van der Waals surface area contributed by atoms with Crippen molar-refractivity contribution in [3.05, 3.63) is 22.8 Å². The van der Waals surface area contributed by atoms with Crippen LogP contribution in [0.15, 0.2) is 12.3 Å². The molecule has 0 unspecified atom stereocenters. The molecule has 0 bridgehead atoms. The second-order valence-corrected chi connectivity index (χ2v) is 5.81. The molecule has 1 amide bonds. The van der Waals surface area contributed by atoms with Crippen molar-refractivity contribution in [1.29, 1.82) is 0 Å². The summed E-state index contributed by atoms with van der Waals surface area (Å²) in [4.78, 5) is 16.3. The molecule has 1 aromatic rings. The van der Waals surface area contributed by atoms with Gasteiger partial charge in [0, 0.05) is 26.4 Å². The standard InChI is InChI=1S/C15H22ClN3O2/c1-3-7-17-13-12(16)8-11(9-18-13)14(20)19-10-15(21-2)5-4-6-15/h8-9H,3-7,10H2,1-2H3,(H,17,18)(H,19,20). The number of ether oxygens (including phenoxy) is 1. The van der Waals surface area contributed by atoms with E-state index in [1.165, 1.54) is 0 Å². The largest absolute Gasteiger partial charge is 0.376 e.